The molecule has 0 aliphatic rings. The second kappa shape index (κ2) is 7.52. The maximum atomic E-state index is 14.1. The number of aromatic nitrogens is 1. The van der Waals surface area contributed by atoms with Crippen LogP contribution >= 0.6 is 0 Å². The molecule has 31 heavy (non-hydrogen) atoms. The number of rotatable bonds is 3. The summed E-state index contributed by atoms with van der Waals surface area (Å²) in [6.45, 7) is 0. The second-order valence-electron chi connectivity index (χ2n) is 5.74. The third-order valence-corrected chi connectivity index (χ3v) is 4.02. The number of halogens is 10. The standard InChI is InChI=1S/C17H2F10N2O2/c18-7-5(8(19)12(23)15(26)11(7)22)3-1-4(17(28-2-3)29(30)31)6-9(20)13(24)16(27)14(25)10(6)21/h1-2H. The molecule has 1 aromatic heterocycles. The lowest BCUT2D eigenvalue weighted by Gasteiger charge is -2.11. The van der Waals surface area contributed by atoms with Gasteiger partial charge in [-0.2, -0.15) is 0 Å². The molecule has 0 fully saturated rings. The SMILES string of the molecule is O=[N+]([O-])c1ncc(-c2c(F)c(F)c(F)c(F)c2F)cc1-c1c(F)c(F)c(F)c(F)c1F. The second-order valence-corrected chi connectivity index (χ2v) is 5.74. The van der Waals surface area contributed by atoms with Gasteiger partial charge in [0.25, 0.3) is 0 Å². The Morgan fingerprint density at radius 3 is 1.35 bits per heavy atom. The Balaban J connectivity index is 2.45. The first-order valence-corrected chi connectivity index (χ1v) is 7.58. The van der Waals surface area contributed by atoms with Crippen molar-refractivity contribution in [1.29, 1.82) is 0 Å². The normalized spacial score (nSPS) is 11.2. The highest BCUT2D eigenvalue weighted by atomic mass is 19.2. The van der Waals surface area contributed by atoms with Gasteiger partial charge in [-0.1, -0.05) is 0 Å². The van der Waals surface area contributed by atoms with Crippen LogP contribution in [-0.2, 0) is 0 Å². The highest BCUT2D eigenvalue weighted by molar-refractivity contribution is 5.78. The monoisotopic (exact) mass is 456 g/mol. The molecule has 0 radical (unpaired) electrons. The van der Waals surface area contributed by atoms with Crippen LogP contribution in [0.15, 0.2) is 12.3 Å². The first-order valence-electron chi connectivity index (χ1n) is 7.58. The summed E-state index contributed by atoms with van der Waals surface area (Å²) in [5.74, 6) is -26.5. The van der Waals surface area contributed by atoms with Crippen LogP contribution in [0.4, 0.5) is 49.7 Å². The van der Waals surface area contributed by atoms with E-state index in [0.717, 1.165) is 0 Å². The van der Waals surface area contributed by atoms with Crippen LogP contribution in [0.25, 0.3) is 22.3 Å². The van der Waals surface area contributed by atoms with Crippen LogP contribution in [-0.4, -0.2) is 9.91 Å². The maximum Gasteiger partial charge on any atom is 0.371 e. The van der Waals surface area contributed by atoms with Crippen molar-refractivity contribution in [1.82, 2.24) is 4.98 Å². The van der Waals surface area contributed by atoms with E-state index in [1.54, 1.807) is 0 Å². The summed E-state index contributed by atoms with van der Waals surface area (Å²) in [7, 11) is 0. The van der Waals surface area contributed by atoms with Crippen molar-refractivity contribution >= 4 is 5.82 Å². The Morgan fingerprint density at radius 2 is 0.968 bits per heavy atom. The van der Waals surface area contributed by atoms with Gasteiger partial charge in [0.15, 0.2) is 46.5 Å². The van der Waals surface area contributed by atoms with Crippen LogP contribution < -0.4 is 0 Å². The van der Waals surface area contributed by atoms with Crippen LogP contribution in [0, 0.1) is 68.3 Å². The zero-order valence-electron chi connectivity index (χ0n) is 14.1. The summed E-state index contributed by atoms with van der Waals surface area (Å²) in [5, 5.41) is 11.1. The molecular formula is C17H2F10N2O2. The van der Waals surface area contributed by atoms with Crippen LogP contribution in [0.5, 0.6) is 0 Å². The van der Waals surface area contributed by atoms with E-state index in [4.69, 9.17) is 0 Å². The molecule has 3 aromatic rings. The molecule has 162 valence electrons. The van der Waals surface area contributed by atoms with Crippen molar-refractivity contribution in [3.05, 3.63) is 80.5 Å². The fourth-order valence-corrected chi connectivity index (χ4v) is 2.62. The molecule has 0 aliphatic carbocycles. The summed E-state index contributed by atoms with van der Waals surface area (Å²) < 4.78 is 137. The Hall–Kier alpha value is -3.71. The molecule has 0 N–H and O–H groups in total. The molecule has 0 atom stereocenters. The molecule has 0 amide bonds. The molecular weight excluding hydrogens is 454 g/mol. The minimum atomic E-state index is -2.61. The van der Waals surface area contributed by atoms with E-state index < -0.39 is 91.2 Å². The number of hydrogen-bond acceptors (Lipinski definition) is 3. The van der Waals surface area contributed by atoms with Gasteiger partial charge in [0.2, 0.25) is 11.6 Å². The largest absolute Gasteiger partial charge is 0.371 e. The molecule has 2 aromatic carbocycles. The molecule has 1 heterocycles. The molecule has 0 spiro atoms. The number of nitro groups is 1. The minimum Gasteiger partial charge on any atom is -0.358 e. The molecule has 0 bridgehead atoms. The van der Waals surface area contributed by atoms with Crippen molar-refractivity contribution < 1.29 is 48.8 Å². The van der Waals surface area contributed by atoms with Gasteiger partial charge in [0, 0.05) is 5.56 Å². The summed E-state index contributed by atoms with van der Waals surface area (Å²) in [5.41, 5.74) is -6.22. The van der Waals surface area contributed by atoms with Crippen molar-refractivity contribution in [2.24, 2.45) is 0 Å². The van der Waals surface area contributed by atoms with Gasteiger partial charge in [-0.25, -0.2) is 43.9 Å². The summed E-state index contributed by atoms with van der Waals surface area (Å²) in [4.78, 5) is 12.7. The number of hydrogen-bond donors (Lipinski definition) is 0. The van der Waals surface area contributed by atoms with Gasteiger partial charge < -0.3 is 10.1 Å². The predicted molar refractivity (Wildman–Crippen MR) is 81.3 cm³/mol. The first-order chi connectivity index (χ1) is 14.4. The summed E-state index contributed by atoms with van der Waals surface area (Å²) in [6, 6.07) is 0.0989. The highest BCUT2D eigenvalue weighted by Crippen LogP contribution is 2.39. The van der Waals surface area contributed by atoms with E-state index in [-0.39, 0.29) is 12.3 Å². The summed E-state index contributed by atoms with van der Waals surface area (Å²) in [6.07, 6.45) is 0.214. The Labute approximate surface area is 163 Å². The van der Waals surface area contributed by atoms with Crippen molar-refractivity contribution in [2.45, 2.75) is 0 Å². The maximum absolute atomic E-state index is 14.1. The van der Waals surface area contributed by atoms with E-state index in [1.807, 2.05) is 0 Å². The fourth-order valence-electron chi connectivity index (χ4n) is 2.62. The zero-order valence-corrected chi connectivity index (χ0v) is 14.1. The first kappa shape index (κ1) is 22.0. The molecule has 3 rings (SSSR count). The lowest BCUT2D eigenvalue weighted by Crippen LogP contribution is -2.07. The van der Waals surface area contributed by atoms with Gasteiger partial charge >= 0.3 is 5.82 Å². The fraction of sp³-hybridized carbons (Fsp3) is 0. The smallest absolute Gasteiger partial charge is 0.358 e. The number of benzene rings is 2. The molecule has 14 heteroatoms. The van der Waals surface area contributed by atoms with Crippen molar-refractivity contribution in [3.8, 4) is 22.3 Å². The van der Waals surface area contributed by atoms with Crippen molar-refractivity contribution in [3.63, 3.8) is 0 Å². The van der Waals surface area contributed by atoms with E-state index in [0.29, 0.717) is 0 Å². The third kappa shape index (κ3) is 3.23. The number of pyridine rings is 1. The highest BCUT2D eigenvalue weighted by Gasteiger charge is 2.33. The Bertz CT molecular complexity index is 1220. The number of nitrogens with zero attached hydrogens (tertiary/aromatic N) is 2. The quantitative estimate of drug-likeness (QED) is 0.167. The van der Waals surface area contributed by atoms with Gasteiger partial charge in [0.1, 0.15) is 6.20 Å². The molecule has 0 saturated heterocycles. The summed E-state index contributed by atoms with van der Waals surface area (Å²) >= 11 is 0. The zero-order chi connectivity index (χ0) is 23.4. The average molecular weight is 456 g/mol. The predicted octanol–water partition coefficient (Wildman–Crippen LogP) is 5.71. The van der Waals surface area contributed by atoms with Crippen LogP contribution in [0.3, 0.4) is 0 Å². The average Bonchev–Trinajstić information content (AvgIpc) is 2.73. The lowest BCUT2D eigenvalue weighted by atomic mass is 9.98. The van der Waals surface area contributed by atoms with Gasteiger partial charge in [-0.3, -0.25) is 0 Å². The molecule has 0 unspecified atom stereocenters. The van der Waals surface area contributed by atoms with E-state index in [9.17, 15) is 54.0 Å². The topological polar surface area (TPSA) is 56.0 Å². The van der Waals surface area contributed by atoms with Crippen molar-refractivity contribution in [2.75, 3.05) is 0 Å². The molecule has 4 nitrogen and oxygen atoms in total. The third-order valence-electron chi connectivity index (χ3n) is 4.02. The van der Waals surface area contributed by atoms with Crippen LogP contribution in [0.2, 0.25) is 0 Å². The molecule has 0 aliphatic heterocycles. The lowest BCUT2D eigenvalue weighted by molar-refractivity contribution is -0.388. The van der Waals surface area contributed by atoms with E-state index in [1.165, 1.54) is 0 Å². The van der Waals surface area contributed by atoms with Gasteiger partial charge in [0.05, 0.1) is 16.7 Å². The Kier molecular flexibility index (Phi) is 5.33. The van der Waals surface area contributed by atoms with Crippen LogP contribution in [0.1, 0.15) is 0 Å². The van der Waals surface area contributed by atoms with Gasteiger partial charge in [-0.15, -0.1) is 0 Å². The van der Waals surface area contributed by atoms with Gasteiger partial charge in [-0.05, 0) is 16.0 Å². The Morgan fingerprint density at radius 1 is 0.613 bits per heavy atom. The van der Waals surface area contributed by atoms with E-state index >= 15 is 0 Å². The van der Waals surface area contributed by atoms with E-state index in [2.05, 4.69) is 4.98 Å². The molecule has 0 saturated carbocycles. The minimum absolute atomic E-state index is 0.0989.